The van der Waals surface area contributed by atoms with Gasteiger partial charge in [-0.15, -0.1) is 0 Å². The standard InChI is InChI=1S/C28H37N3O3/c1-5-18-31-26(29-24-17-12-11-16-23(24)28(31)33)25(7-3)30(19-13-20-34-4)27(32)22(6-2)21-14-9-8-10-15-21/h8-12,14-17,22,25H,5-7,13,18-20H2,1-4H3. The van der Waals surface area contributed by atoms with Gasteiger partial charge in [0.1, 0.15) is 5.82 Å². The maximum atomic E-state index is 14.0. The molecule has 0 radical (unpaired) electrons. The minimum Gasteiger partial charge on any atom is -0.385 e. The van der Waals surface area contributed by atoms with E-state index in [1.165, 1.54) is 0 Å². The molecule has 1 amide bonds. The van der Waals surface area contributed by atoms with Crippen LogP contribution in [0.5, 0.6) is 0 Å². The first-order valence-corrected chi connectivity index (χ1v) is 12.4. The lowest BCUT2D eigenvalue weighted by molar-refractivity contribution is -0.136. The molecule has 1 heterocycles. The van der Waals surface area contributed by atoms with E-state index in [0.29, 0.717) is 49.3 Å². The van der Waals surface area contributed by atoms with Crippen LogP contribution in [0.15, 0.2) is 59.4 Å². The van der Waals surface area contributed by atoms with Gasteiger partial charge in [-0.25, -0.2) is 4.98 Å². The molecule has 0 aliphatic heterocycles. The molecule has 0 fully saturated rings. The van der Waals surface area contributed by atoms with Crippen LogP contribution >= 0.6 is 0 Å². The van der Waals surface area contributed by atoms with Crippen molar-refractivity contribution in [2.24, 2.45) is 0 Å². The Hall–Kier alpha value is -2.99. The van der Waals surface area contributed by atoms with Gasteiger partial charge in [-0.3, -0.25) is 14.2 Å². The van der Waals surface area contributed by atoms with E-state index in [2.05, 4.69) is 13.8 Å². The second-order valence-electron chi connectivity index (χ2n) is 8.62. The van der Waals surface area contributed by atoms with Gasteiger partial charge in [0.15, 0.2) is 0 Å². The average molecular weight is 464 g/mol. The molecule has 0 bridgehead atoms. The smallest absolute Gasteiger partial charge is 0.261 e. The van der Waals surface area contributed by atoms with Crippen molar-refractivity contribution in [3.63, 3.8) is 0 Å². The maximum Gasteiger partial charge on any atom is 0.261 e. The summed E-state index contributed by atoms with van der Waals surface area (Å²) >= 11 is 0. The average Bonchev–Trinajstić information content (AvgIpc) is 2.86. The number of para-hydroxylation sites is 1. The summed E-state index contributed by atoms with van der Waals surface area (Å²) in [4.78, 5) is 34.3. The van der Waals surface area contributed by atoms with Crippen molar-refractivity contribution in [1.29, 1.82) is 0 Å². The third kappa shape index (κ3) is 5.55. The fourth-order valence-electron chi connectivity index (χ4n) is 4.66. The predicted molar refractivity (Wildman–Crippen MR) is 137 cm³/mol. The number of methoxy groups -OCH3 is 1. The van der Waals surface area contributed by atoms with Crippen molar-refractivity contribution in [3.8, 4) is 0 Å². The summed E-state index contributed by atoms with van der Waals surface area (Å²) in [5.74, 6) is 0.494. The zero-order valence-corrected chi connectivity index (χ0v) is 20.9. The van der Waals surface area contributed by atoms with Crippen LogP contribution in [0, 0.1) is 0 Å². The lowest BCUT2D eigenvalue weighted by atomic mass is 9.94. The SMILES string of the molecule is CCCn1c(C(CC)N(CCCOC)C(=O)C(CC)c2ccccc2)nc2ccccc2c1=O. The number of hydrogen-bond donors (Lipinski definition) is 0. The molecule has 3 rings (SSSR count). The van der Waals surface area contributed by atoms with Crippen molar-refractivity contribution < 1.29 is 9.53 Å². The molecule has 0 spiro atoms. The molecular weight excluding hydrogens is 426 g/mol. The Morgan fingerprint density at radius 1 is 1.03 bits per heavy atom. The van der Waals surface area contributed by atoms with Gasteiger partial charge in [-0.1, -0.05) is 63.2 Å². The van der Waals surface area contributed by atoms with Gasteiger partial charge >= 0.3 is 0 Å². The predicted octanol–water partition coefficient (Wildman–Crippen LogP) is 5.32. The first-order chi connectivity index (χ1) is 16.6. The van der Waals surface area contributed by atoms with Crippen LogP contribution in [0.2, 0.25) is 0 Å². The van der Waals surface area contributed by atoms with Crippen molar-refractivity contribution in [1.82, 2.24) is 14.5 Å². The molecule has 2 atom stereocenters. The summed E-state index contributed by atoms with van der Waals surface area (Å²) < 4.78 is 7.07. The number of aromatic nitrogens is 2. The number of fused-ring (bicyclic) bond motifs is 1. The van der Waals surface area contributed by atoms with E-state index >= 15 is 0 Å². The van der Waals surface area contributed by atoms with Gasteiger partial charge in [0, 0.05) is 26.8 Å². The molecular formula is C28H37N3O3. The van der Waals surface area contributed by atoms with Crippen molar-refractivity contribution in [3.05, 3.63) is 76.3 Å². The molecule has 182 valence electrons. The normalized spacial score (nSPS) is 13.1. The highest BCUT2D eigenvalue weighted by Gasteiger charge is 2.32. The number of rotatable bonds is 12. The second-order valence-corrected chi connectivity index (χ2v) is 8.62. The highest BCUT2D eigenvalue weighted by Crippen LogP contribution is 2.30. The van der Waals surface area contributed by atoms with Gasteiger partial charge in [-0.2, -0.15) is 0 Å². The molecule has 0 aliphatic rings. The van der Waals surface area contributed by atoms with E-state index in [0.717, 1.165) is 18.4 Å². The number of benzene rings is 2. The van der Waals surface area contributed by atoms with Gasteiger partial charge in [0.25, 0.3) is 5.56 Å². The maximum absolute atomic E-state index is 14.0. The fourth-order valence-corrected chi connectivity index (χ4v) is 4.66. The van der Waals surface area contributed by atoms with Crippen LogP contribution in [-0.4, -0.2) is 40.6 Å². The molecule has 6 nitrogen and oxygen atoms in total. The lowest BCUT2D eigenvalue weighted by Crippen LogP contribution is -2.42. The quantitative estimate of drug-likeness (QED) is 0.341. The summed E-state index contributed by atoms with van der Waals surface area (Å²) in [5, 5.41) is 0.613. The van der Waals surface area contributed by atoms with E-state index in [-0.39, 0.29) is 23.4 Å². The van der Waals surface area contributed by atoms with E-state index in [1.54, 1.807) is 11.7 Å². The second kappa shape index (κ2) is 12.5. The molecule has 0 aliphatic carbocycles. The third-order valence-electron chi connectivity index (χ3n) is 6.34. The van der Waals surface area contributed by atoms with Gasteiger partial charge in [0.2, 0.25) is 5.91 Å². The topological polar surface area (TPSA) is 64.4 Å². The zero-order chi connectivity index (χ0) is 24.5. The molecule has 3 aromatic rings. The first kappa shape index (κ1) is 25.6. The molecule has 0 N–H and O–H groups in total. The molecule has 0 saturated carbocycles. The van der Waals surface area contributed by atoms with Gasteiger partial charge in [0.05, 0.1) is 22.9 Å². The molecule has 1 aromatic heterocycles. The third-order valence-corrected chi connectivity index (χ3v) is 6.34. The van der Waals surface area contributed by atoms with Crippen LogP contribution in [0.25, 0.3) is 10.9 Å². The molecule has 2 unspecified atom stereocenters. The number of hydrogen-bond acceptors (Lipinski definition) is 4. The van der Waals surface area contributed by atoms with Gasteiger partial charge < -0.3 is 9.64 Å². The molecule has 6 heteroatoms. The molecule has 34 heavy (non-hydrogen) atoms. The van der Waals surface area contributed by atoms with Gasteiger partial charge in [-0.05, 0) is 43.4 Å². The largest absolute Gasteiger partial charge is 0.385 e. The number of amides is 1. The van der Waals surface area contributed by atoms with E-state index in [9.17, 15) is 9.59 Å². The lowest BCUT2D eigenvalue weighted by Gasteiger charge is -2.35. The number of carbonyl (C=O) groups is 1. The minimum absolute atomic E-state index is 0.0414. The monoisotopic (exact) mass is 463 g/mol. The van der Waals surface area contributed by atoms with Crippen molar-refractivity contribution in [2.75, 3.05) is 20.3 Å². The van der Waals surface area contributed by atoms with E-state index in [1.807, 2.05) is 66.4 Å². The van der Waals surface area contributed by atoms with Crippen LogP contribution in [0.3, 0.4) is 0 Å². The summed E-state index contributed by atoms with van der Waals surface area (Å²) in [6.07, 6.45) is 2.89. The Morgan fingerprint density at radius 2 is 1.74 bits per heavy atom. The summed E-state index contributed by atoms with van der Waals surface area (Å²) in [5.41, 5.74) is 1.65. The van der Waals surface area contributed by atoms with Crippen LogP contribution in [0.1, 0.15) is 69.8 Å². The Morgan fingerprint density at radius 3 is 2.38 bits per heavy atom. The van der Waals surface area contributed by atoms with E-state index in [4.69, 9.17) is 9.72 Å². The van der Waals surface area contributed by atoms with Crippen LogP contribution in [0.4, 0.5) is 0 Å². The first-order valence-electron chi connectivity index (χ1n) is 12.4. The number of carbonyl (C=O) groups excluding carboxylic acids is 1. The molecule has 2 aromatic carbocycles. The highest BCUT2D eigenvalue weighted by molar-refractivity contribution is 5.84. The number of nitrogens with zero attached hydrogens (tertiary/aromatic N) is 3. The Labute approximate surface area is 202 Å². The molecule has 0 saturated heterocycles. The summed E-state index contributed by atoms with van der Waals surface area (Å²) in [6, 6.07) is 17.1. The van der Waals surface area contributed by atoms with E-state index < -0.39 is 0 Å². The highest BCUT2D eigenvalue weighted by atomic mass is 16.5. The minimum atomic E-state index is -0.300. The summed E-state index contributed by atoms with van der Waals surface area (Å²) in [6.45, 7) is 7.83. The summed E-state index contributed by atoms with van der Waals surface area (Å²) in [7, 11) is 1.67. The zero-order valence-electron chi connectivity index (χ0n) is 20.9. The Kier molecular flexibility index (Phi) is 9.40. The van der Waals surface area contributed by atoms with Crippen LogP contribution in [-0.2, 0) is 16.1 Å². The van der Waals surface area contributed by atoms with Crippen molar-refractivity contribution >= 4 is 16.8 Å². The number of ether oxygens (including phenoxy) is 1. The van der Waals surface area contributed by atoms with Crippen molar-refractivity contribution in [2.45, 2.75) is 65.0 Å². The fraction of sp³-hybridized carbons (Fsp3) is 0.464. The van der Waals surface area contributed by atoms with Crippen LogP contribution < -0.4 is 5.56 Å². The Balaban J connectivity index is 2.12. The Bertz CT molecular complexity index is 1130.